The fraction of sp³-hybridized carbons (Fsp3) is 0.462. The molecule has 0 unspecified atom stereocenters. The number of fused-ring (bicyclic) bond motifs is 3. The Morgan fingerprint density at radius 2 is 1.83 bits per heavy atom. The van der Waals surface area contributed by atoms with Crippen molar-refractivity contribution in [2.75, 3.05) is 13.2 Å². The van der Waals surface area contributed by atoms with Gasteiger partial charge in [0.15, 0.2) is 0 Å². The molecule has 1 saturated heterocycles. The van der Waals surface area contributed by atoms with E-state index in [-0.39, 0.29) is 24.5 Å². The number of benzene rings is 1. The normalized spacial score (nSPS) is 28.6. The van der Waals surface area contributed by atoms with Crippen LogP contribution in [0, 0.1) is 0 Å². The monoisotopic (exact) mass is 353 g/mol. The van der Waals surface area contributed by atoms with E-state index >= 15 is 0 Å². The molecule has 0 aromatic heterocycles. The van der Waals surface area contributed by atoms with Gasteiger partial charge in [0.05, 0.1) is 0 Å². The van der Waals surface area contributed by atoms with Crippen molar-refractivity contribution in [3.8, 4) is 5.75 Å². The van der Waals surface area contributed by atoms with Gasteiger partial charge in [0.1, 0.15) is 0 Å². The molecule has 2 aliphatic heterocycles. The number of hydrogen-bond donors (Lipinski definition) is 1. The summed E-state index contributed by atoms with van der Waals surface area (Å²) in [7, 11) is -5.25. The van der Waals surface area contributed by atoms with Crippen LogP contribution in [0.1, 0.15) is 19.4 Å². The summed E-state index contributed by atoms with van der Waals surface area (Å²) in [5.41, 5.74) is -0.342. The molecule has 3 rings (SSSR count). The van der Waals surface area contributed by atoms with Gasteiger partial charge in [-0.2, -0.15) is 0 Å². The van der Waals surface area contributed by atoms with Crippen molar-refractivity contribution >= 4 is 13.5 Å². The third-order valence-electron chi connectivity index (χ3n) is 3.70. The quantitative estimate of drug-likeness (QED) is 0.834. The molecule has 1 aromatic carbocycles. The van der Waals surface area contributed by atoms with Crippen molar-refractivity contribution in [1.82, 2.24) is 5.09 Å². The van der Waals surface area contributed by atoms with Crippen molar-refractivity contribution in [3.63, 3.8) is 0 Å². The molecule has 2 heterocycles. The molecule has 10 heteroatoms. The van der Waals surface area contributed by atoms with Crippen molar-refractivity contribution in [1.29, 1.82) is 0 Å². The standard InChI is InChI=1S/C13H15F3NO5P/c1-3-19-23(20-4-2)12(13(14,15)16,21-11(18)17-23)9-7-5-6-8-10(9)22-23/h5-8H,3-4H2,1-2H3,(H,17,18)/t12-/m1/s1. The fourth-order valence-corrected chi connectivity index (χ4v) is 7.16. The van der Waals surface area contributed by atoms with Crippen molar-refractivity contribution in [3.05, 3.63) is 29.8 Å². The fourth-order valence-electron chi connectivity index (χ4n) is 3.06. The molecule has 2 aliphatic rings. The van der Waals surface area contributed by atoms with Gasteiger partial charge in [-0.1, -0.05) is 0 Å². The Labute approximate surface area is 130 Å². The molecule has 1 amide bonds. The Hall–Kier alpha value is -1.57. The third-order valence-corrected chi connectivity index (χ3v) is 7.92. The van der Waals surface area contributed by atoms with Gasteiger partial charge in [-0.3, -0.25) is 0 Å². The van der Waals surface area contributed by atoms with Crippen LogP contribution >= 0.6 is 7.43 Å². The average molecular weight is 353 g/mol. The predicted octanol–water partition coefficient (Wildman–Crippen LogP) is 3.82. The maximum absolute atomic E-state index is 14.2. The molecular formula is C13H15F3NO5P. The third kappa shape index (κ3) is 1.72. The molecule has 1 aromatic rings. The second-order valence-electron chi connectivity index (χ2n) is 4.95. The number of rotatable bonds is 4. The summed E-state index contributed by atoms with van der Waals surface area (Å²) in [4.78, 5) is 11.8. The minimum atomic E-state index is -5.25. The van der Waals surface area contributed by atoms with E-state index in [0.717, 1.165) is 0 Å². The van der Waals surface area contributed by atoms with E-state index in [1.54, 1.807) is 0 Å². The predicted molar refractivity (Wildman–Crippen MR) is 74.6 cm³/mol. The van der Waals surface area contributed by atoms with E-state index in [2.05, 4.69) is 5.09 Å². The first-order valence-corrected chi connectivity index (χ1v) is 8.94. The molecule has 128 valence electrons. The Bertz CT molecular complexity index is 661. The van der Waals surface area contributed by atoms with Crippen LogP contribution in [0.5, 0.6) is 5.75 Å². The van der Waals surface area contributed by atoms with Crippen molar-refractivity contribution in [2.24, 2.45) is 0 Å². The summed E-state index contributed by atoms with van der Waals surface area (Å²) in [5.74, 6) is -0.0932. The van der Waals surface area contributed by atoms with Crippen LogP contribution in [0.15, 0.2) is 24.3 Å². The van der Waals surface area contributed by atoms with Gasteiger partial charge in [0.25, 0.3) is 0 Å². The summed E-state index contributed by atoms with van der Waals surface area (Å²) in [5, 5.41) is -1.03. The number of alkyl halides is 3. The molecule has 23 heavy (non-hydrogen) atoms. The number of amides is 1. The molecule has 6 nitrogen and oxygen atoms in total. The van der Waals surface area contributed by atoms with E-state index in [0.29, 0.717) is 0 Å². The number of para-hydroxylation sites is 1. The van der Waals surface area contributed by atoms with E-state index in [9.17, 15) is 18.0 Å². The molecule has 0 saturated carbocycles. The van der Waals surface area contributed by atoms with Crippen molar-refractivity contribution in [2.45, 2.75) is 25.4 Å². The van der Waals surface area contributed by atoms with E-state index in [1.165, 1.54) is 38.1 Å². The van der Waals surface area contributed by atoms with Crippen LogP contribution in [-0.2, 0) is 19.1 Å². The maximum atomic E-state index is 14.2. The van der Waals surface area contributed by atoms with Crippen LogP contribution in [-0.4, -0.2) is 25.5 Å². The van der Waals surface area contributed by atoms with Crippen LogP contribution in [0.3, 0.4) is 0 Å². The number of nitrogens with one attached hydrogen (secondary N) is 1. The molecular weight excluding hydrogens is 338 g/mol. The van der Waals surface area contributed by atoms with Crippen LogP contribution in [0.4, 0.5) is 18.0 Å². The first kappa shape index (κ1) is 16.3. The Morgan fingerprint density at radius 3 is 2.39 bits per heavy atom. The number of halogens is 3. The summed E-state index contributed by atoms with van der Waals surface area (Å²) in [6.07, 6.45) is -6.31. The van der Waals surface area contributed by atoms with Gasteiger partial charge in [-0.05, 0) is 0 Å². The average Bonchev–Trinajstić information content (AvgIpc) is 2.82. The van der Waals surface area contributed by atoms with Gasteiger partial charge in [0, 0.05) is 0 Å². The van der Waals surface area contributed by atoms with Crippen LogP contribution in [0.25, 0.3) is 0 Å². The van der Waals surface area contributed by atoms with Crippen molar-refractivity contribution < 1.29 is 36.3 Å². The molecule has 0 spiro atoms. The first-order valence-electron chi connectivity index (χ1n) is 6.95. The molecule has 0 aliphatic carbocycles. The Morgan fingerprint density at radius 1 is 1.22 bits per heavy atom. The van der Waals surface area contributed by atoms with Gasteiger partial charge >= 0.3 is 129 Å². The Balaban J connectivity index is 2.39. The minimum absolute atomic E-state index is 0.0932. The van der Waals surface area contributed by atoms with Gasteiger partial charge < -0.3 is 0 Å². The van der Waals surface area contributed by atoms with Crippen LogP contribution in [0.2, 0.25) is 0 Å². The second-order valence-corrected chi connectivity index (χ2v) is 8.27. The summed E-state index contributed by atoms with van der Waals surface area (Å²) in [6, 6.07) is 5.45. The van der Waals surface area contributed by atoms with Gasteiger partial charge in [-0.25, -0.2) is 0 Å². The second kappa shape index (κ2) is 4.72. The Kier molecular flexibility index (Phi) is 3.34. The number of ether oxygens (including phenoxy) is 1. The van der Waals surface area contributed by atoms with E-state index in [1.807, 2.05) is 0 Å². The molecule has 1 fully saturated rings. The van der Waals surface area contributed by atoms with Gasteiger partial charge in [0.2, 0.25) is 0 Å². The topological polar surface area (TPSA) is 66.0 Å². The van der Waals surface area contributed by atoms with E-state index in [4.69, 9.17) is 18.3 Å². The zero-order valence-electron chi connectivity index (χ0n) is 12.3. The number of carbonyl (C=O) groups is 1. The zero-order chi connectivity index (χ0) is 17.0. The summed E-state index contributed by atoms with van der Waals surface area (Å²) < 4.78 is 63.8. The number of carbonyl (C=O) groups excluding carboxylic acids is 1. The van der Waals surface area contributed by atoms with E-state index < -0.39 is 25.0 Å². The molecule has 0 bridgehead atoms. The zero-order valence-corrected chi connectivity index (χ0v) is 13.2. The summed E-state index contributed by atoms with van der Waals surface area (Å²) >= 11 is 0. The van der Waals surface area contributed by atoms with Gasteiger partial charge in [-0.15, -0.1) is 0 Å². The first-order chi connectivity index (χ1) is 10.7. The molecule has 0 radical (unpaired) electrons. The van der Waals surface area contributed by atoms with Crippen LogP contribution < -0.4 is 9.61 Å². The summed E-state index contributed by atoms with van der Waals surface area (Å²) in [6.45, 7) is 2.62. The SMILES string of the molecule is CCOP12(OCC)NC(=O)O[C@]1(C(F)(F)F)c1ccccc1O2. The number of hydrogen-bond acceptors (Lipinski definition) is 5. The molecule has 1 N–H and O–H groups in total. The molecule has 1 atom stereocenters.